The van der Waals surface area contributed by atoms with Gasteiger partial charge in [0, 0.05) is 3.57 Å². The van der Waals surface area contributed by atoms with Crippen LogP contribution < -0.4 is 5.32 Å². The zero-order valence-corrected chi connectivity index (χ0v) is 12.8. The van der Waals surface area contributed by atoms with Crippen molar-refractivity contribution in [1.82, 2.24) is 4.98 Å². The highest BCUT2D eigenvalue weighted by molar-refractivity contribution is 14.1. The molecule has 1 aromatic heterocycles. The van der Waals surface area contributed by atoms with Gasteiger partial charge in [-0.3, -0.25) is 4.79 Å². The van der Waals surface area contributed by atoms with Gasteiger partial charge in [-0.05, 0) is 52.9 Å². The molecule has 0 aliphatic rings. The van der Waals surface area contributed by atoms with Crippen molar-refractivity contribution >= 4 is 51.8 Å². The van der Waals surface area contributed by atoms with E-state index in [1.54, 1.807) is 18.2 Å². The van der Waals surface area contributed by atoms with Gasteiger partial charge in [-0.1, -0.05) is 17.7 Å². The lowest BCUT2D eigenvalue weighted by atomic mass is 10.2. The smallest absolute Gasteiger partial charge is 0.354 e. The Morgan fingerprint density at radius 3 is 2.55 bits per heavy atom. The summed E-state index contributed by atoms with van der Waals surface area (Å²) in [5.41, 5.74) is 0.269. The van der Waals surface area contributed by atoms with Crippen molar-refractivity contribution < 1.29 is 14.7 Å². The van der Waals surface area contributed by atoms with Gasteiger partial charge in [0.15, 0.2) is 0 Å². The van der Waals surface area contributed by atoms with Crippen LogP contribution in [-0.4, -0.2) is 22.0 Å². The Hall–Kier alpha value is -1.67. The molecule has 1 amide bonds. The molecule has 0 aliphatic carbocycles. The number of aromatic nitrogens is 1. The van der Waals surface area contributed by atoms with Gasteiger partial charge >= 0.3 is 5.97 Å². The highest BCUT2D eigenvalue weighted by atomic mass is 127. The molecule has 0 unspecified atom stereocenters. The summed E-state index contributed by atoms with van der Waals surface area (Å²) < 4.78 is 0.941. The Labute approximate surface area is 133 Å². The van der Waals surface area contributed by atoms with E-state index in [0.29, 0.717) is 10.7 Å². The Morgan fingerprint density at radius 1 is 1.20 bits per heavy atom. The quantitative estimate of drug-likeness (QED) is 0.772. The maximum atomic E-state index is 12.0. The third-order valence-electron chi connectivity index (χ3n) is 2.38. The molecule has 2 aromatic rings. The Kier molecular flexibility index (Phi) is 4.56. The average molecular weight is 403 g/mol. The van der Waals surface area contributed by atoms with E-state index in [9.17, 15) is 9.59 Å². The molecule has 1 heterocycles. The minimum atomic E-state index is -1.19. The van der Waals surface area contributed by atoms with E-state index in [-0.39, 0.29) is 11.4 Å². The second kappa shape index (κ2) is 6.19. The summed E-state index contributed by atoms with van der Waals surface area (Å²) in [6.07, 6.45) is 0. The van der Waals surface area contributed by atoms with Gasteiger partial charge in [-0.15, -0.1) is 0 Å². The third-order valence-corrected chi connectivity index (χ3v) is 3.36. The topological polar surface area (TPSA) is 79.3 Å². The highest BCUT2D eigenvalue weighted by Crippen LogP contribution is 2.24. The fraction of sp³-hybridized carbons (Fsp3) is 0. The molecule has 2 N–H and O–H groups in total. The molecule has 7 heteroatoms. The number of benzene rings is 1. The summed E-state index contributed by atoms with van der Waals surface area (Å²) >= 11 is 8.11. The van der Waals surface area contributed by atoms with Crippen LogP contribution in [0.4, 0.5) is 5.69 Å². The lowest BCUT2D eigenvalue weighted by Crippen LogP contribution is -2.15. The van der Waals surface area contributed by atoms with Crippen LogP contribution in [0.25, 0.3) is 0 Å². The summed E-state index contributed by atoms with van der Waals surface area (Å²) in [5.74, 6) is -1.71. The van der Waals surface area contributed by atoms with Crippen LogP contribution >= 0.6 is 34.2 Å². The SMILES string of the molecule is O=C(O)c1cccc(C(=O)Nc2ccc(I)cc2Cl)n1. The first kappa shape index (κ1) is 14.7. The number of hydrogen-bond acceptors (Lipinski definition) is 3. The molecule has 2 rings (SSSR count). The monoisotopic (exact) mass is 402 g/mol. The van der Waals surface area contributed by atoms with Gasteiger partial charge < -0.3 is 10.4 Å². The molecule has 5 nitrogen and oxygen atoms in total. The van der Waals surface area contributed by atoms with Crippen LogP contribution in [0, 0.1) is 3.57 Å². The van der Waals surface area contributed by atoms with Crippen LogP contribution in [0.3, 0.4) is 0 Å². The molecule has 1 aromatic carbocycles. The lowest BCUT2D eigenvalue weighted by molar-refractivity contribution is 0.0690. The number of amides is 1. The summed E-state index contributed by atoms with van der Waals surface area (Å²) in [7, 11) is 0. The third kappa shape index (κ3) is 3.45. The lowest BCUT2D eigenvalue weighted by Gasteiger charge is -2.07. The second-order valence-electron chi connectivity index (χ2n) is 3.79. The number of halogens is 2. The standard InChI is InChI=1S/C13H8ClIN2O3/c14-8-6-7(15)4-5-9(8)17-12(18)10-2-1-3-11(16-10)13(19)20/h1-6H,(H,17,18)(H,19,20). The van der Waals surface area contributed by atoms with E-state index in [1.165, 1.54) is 18.2 Å². The second-order valence-corrected chi connectivity index (χ2v) is 5.44. The van der Waals surface area contributed by atoms with Gasteiger partial charge in [0.25, 0.3) is 5.91 Å². The van der Waals surface area contributed by atoms with Crippen molar-refractivity contribution in [1.29, 1.82) is 0 Å². The Bertz CT molecular complexity index is 691. The fourth-order valence-corrected chi connectivity index (χ4v) is 2.36. The molecule has 0 saturated heterocycles. The molecule has 20 heavy (non-hydrogen) atoms. The predicted molar refractivity (Wildman–Crippen MR) is 83.3 cm³/mol. The normalized spacial score (nSPS) is 10.1. The number of carbonyl (C=O) groups excluding carboxylic acids is 1. The highest BCUT2D eigenvalue weighted by Gasteiger charge is 2.12. The predicted octanol–water partition coefficient (Wildman–Crippen LogP) is 3.29. The molecular formula is C13H8ClIN2O3. The van der Waals surface area contributed by atoms with Crippen molar-refractivity contribution in [3.05, 3.63) is 56.4 Å². The van der Waals surface area contributed by atoms with Crippen molar-refractivity contribution in [2.45, 2.75) is 0 Å². The number of hydrogen-bond donors (Lipinski definition) is 2. The largest absolute Gasteiger partial charge is 0.477 e. The van der Waals surface area contributed by atoms with Crippen LogP contribution in [0.2, 0.25) is 5.02 Å². The molecule has 0 saturated carbocycles. The van der Waals surface area contributed by atoms with E-state index in [1.807, 2.05) is 0 Å². The summed E-state index contributed by atoms with van der Waals surface area (Å²) in [5, 5.41) is 11.8. The number of aromatic carboxylic acids is 1. The fourth-order valence-electron chi connectivity index (χ4n) is 1.46. The van der Waals surface area contributed by atoms with Crippen molar-refractivity contribution in [3.8, 4) is 0 Å². The number of nitrogens with one attached hydrogen (secondary N) is 1. The minimum absolute atomic E-state index is 0.0134. The number of rotatable bonds is 3. The number of carbonyl (C=O) groups is 2. The van der Waals surface area contributed by atoms with Crippen molar-refractivity contribution in [2.24, 2.45) is 0 Å². The maximum Gasteiger partial charge on any atom is 0.354 e. The average Bonchev–Trinajstić information content (AvgIpc) is 2.42. The van der Waals surface area contributed by atoms with Crippen LogP contribution in [0.1, 0.15) is 21.0 Å². The number of carboxylic acid groups (broad SMARTS) is 1. The van der Waals surface area contributed by atoms with Gasteiger partial charge in [0.2, 0.25) is 0 Å². The first-order chi connectivity index (χ1) is 9.47. The number of nitrogens with zero attached hydrogens (tertiary/aromatic N) is 1. The van der Waals surface area contributed by atoms with Crippen molar-refractivity contribution in [3.63, 3.8) is 0 Å². The van der Waals surface area contributed by atoms with Gasteiger partial charge in [-0.25, -0.2) is 9.78 Å². The van der Waals surface area contributed by atoms with Crippen LogP contribution in [0.5, 0.6) is 0 Å². The summed E-state index contributed by atoms with van der Waals surface area (Å²) in [6.45, 7) is 0. The van der Waals surface area contributed by atoms with Crippen LogP contribution in [0.15, 0.2) is 36.4 Å². The molecule has 0 bridgehead atoms. The van der Waals surface area contributed by atoms with Crippen molar-refractivity contribution in [2.75, 3.05) is 5.32 Å². The first-order valence-electron chi connectivity index (χ1n) is 5.44. The molecule has 102 valence electrons. The molecule has 0 fully saturated rings. The molecule has 0 spiro atoms. The zero-order chi connectivity index (χ0) is 14.7. The van der Waals surface area contributed by atoms with E-state index >= 15 is 0 Å². The summed E-state index contributed by atoms with van der Waals surface area (Å²) in [6, 6.07) is 9.38. The van der Waals surface area contributed by atoms with Gasteiger partial charge in [0.05, 0.1) is 10.7 Å². The minimum Gasteiger partial charge on any atom is -0.477 e. The molecule has 0 atom stereocenters. The van der Waals surface area contributed by atoms with Gasteiger partial charge in [0.1, 0.15) is 11.4 Å². The Morgan fingerprint density at radius 2 is 1.90 bits per heavy atom. The molecule has 0 radical (unpaired) electrons. The summed E-state index contributed by atoms with van der Waals surface area (Å²) in [4.78, 5) is 26.6. The number of anilines is 1. The maximum absolute atomic E-state index is 12.0. The van der Waals surface area contributed by atoms with Crippen LogP contribution in [-0.2, 0) is 0 Å². The van der Waals surface area contributed by atoms with E-state index < -0.39 is 11.9 Å². The number of carboxylic acids is 1. The van der Waals surface area contributed by atoms with Gasteiger partial charge in [-0.2, -0.15) is 0 Å². The zero-order valence-electron chi connectivity index (χ0n) is 9.93. The first-order valence-corrected chi connectivity index (χ1v) is 6.90. The van der Waals surface area contributed by atoms with E-state index in [4.69, 9.17) is 16.7 Å². The number of pyridine rings is 1. The Balaban J connectivity index is 2.24. The van der Waals surface area contributed by atoms with E-state index in [0.717, 1.165) is 3.57 Å². The molecular weight excluding hydrogens is 395 g/mol. The van der Waals surface area contributed by atoms with E-state index in [2.05, 4.69) is 32.9 Å². The molecule has 0 aliphatic heterocycles.